The van der Waals surface area contributed by atoms with E-state index in [2.05, 4.69) is 23.6 Å². The predicted molar refractivity (Wildman–Crippen MR) is 78.4 cm³/mol. The third-order valence-electron chi connectivity index (χ3n) is 4.27. The minimum absolute atomic E-state index is 0.0847. The van der Waals surface area contributed by atoms with Crippen LogP contribution in [0.2, 0.25) is 0 Å². The number of rotatable bonds is 9. The number of hydrogen-bond acceptors (Lipinski definition) is 5. The Kier molecular flexibility index (Phi) is 7.25. The van der Waals surface area contributed by atoms with Crippen LogP contribution in [0, 0.1) is 0 Å². The van der Waals surface area contributed by atoms with Crippen molar-refractivity contribution in [2.75, 3.05) is 60.2 Å². The van der Waals surface area contributed by atoms with Crippen molar-refractivity contribution in [2.24, 2.45) is 5.73 Å². The molecule has 1 aliphatic heterocycles. The number of nitrogens with two attached hydrogens (primary N) is 1. The topological polar surface area (TPSA) is 51.0 Å². The van der Waals surface area contributed by atoms with E-state index in [1.54, 1.807) is 14.2 Å². The monoisotopic (exact) mass is 273 g/mol. The fourth-order valence-electron chi connectivity index (χ4n) is 2.87. The van der Waals surface area contributed by atoms with E-state index in [9.17, 15) is 0 Å². The number of nitrogens with zero attached hydrogens (tertiary/aromatic N) is 2. The van der Waals surface area contributed by atoms with Gasteiger partial charge in [-0.15, -0.1) is 0 Å². The standard InChI is InChI=1S/C14H31N3O2/c1-13(2)16-6-5-14(11-15,12-16)17(7-9-18-3)8-10-19-4/h13H,5-12,15H2,1-4H3. The Morgan fingerprint density at radius 2 is 1.79 bits per heavy atom. The molecule has 114 valence electrons. The van der Waals surface area contributed by atoms with Crippen molar-refractivity contribution in [3.05, 3.63) is 0 Å². The van der Waals surface area contributed by atoms with Crippen molar-refractivity contribution < 1.29 is 9.47 Å². The highest BCUT2D eigenvalue weighted by Crippen LogP contribution is 2.28. The second kappa shape index (κ2) is 8.17. The molecule has 1 fully saturated rings. The molecule has 2 N–H and O–H groups in total. The van der Waals surface area contributed by atoms with Gasteiger partial charge in [0.1, 0.15) is 0 Å². The van der Waals surface area contributed by atoms with Crippen LogP contribution in [0.3, 0.4) is 0 Å². The highest BCUT2D eigenvalue weighted by molar-refractivity contribution is 5.00. The molecule has 0 aromatic carbocycles. The van der Waals surface area contributed by atoms with Gasteiger partial charge in [-0.05, 0) is 20.3 Å². The van der Waals surface area contributed by atoms with Crippen molar-refractivity contribution in [3.63, 3.8) is 0 Å². The molecule has 0 saturated carbocycles. The molecule has 19 heavy (non-hydrogen) atoms. The van der Waals surface area contributed by atoms with Crippen molar-refractivity contribution in [1.29, 1.82) is 0 Å². The predicted octanol–water partition coefficient (Wildman–Crippen LogP) is 0.393. The molecule has 0 radical (unpaired) electrons. The minimum atomic E-state index is 0.0847. The molecule has 1 rings (SSSR count). The van der Waals surface area contributed by atoms with Gasteiger partial charge in [0.05, 0.1) is 13.2 Å². The molecular formula is C14H31N3O2. The molecule has 0 aromatic heterocycles. The van der Waals surface area contributed by atoms with E-state index in [4.69, 9.17) is 15.2 Å². The Morgan fingerprint density at radius 1 is 1.21 bits per heavy atom. The van der Waals surface area contributed by atoms with Crippen molar-refractivity contribution >= 4 is 0 Å². The zero-order valence-corrected chi connectivity index (χ0v) is 13.0. The van der Waals surface area contributed by atoms with Gasteiger partial charge in [0.2, 0.25) is 0 Å². The molecule has 0 amide bonds. The first-order valence-electron chi connectivity index (χ1n) is 7.26. The fraction of sp³-hybridized carbons (Fsp3) is 1.00. The normalized spacial score (nSPS) is 24.8. The van der Waals surface area contributed by atoms with E-state index in [-0.39, 0.29) is 5.54 Å². The highest BCUT2D eigenvalue weighted by atomic mass is 16.5. The van der Waals surface area contributed by atoms with Gasteiger partial charge in [-0.25, -0.2) is 0 Å². The molecule has 0 aromatic rings. The van der Waals surface area contributed by atoms with Gasteiger partial charge in [-0.2, -0.15) is 0 Å². The summed E-state index contributed by atoms with van der Waals surface area (Å²) in [5, 5.41) is 0. The zero-order chi connectivity index (χ0) is 14.3. The van der Waals surface area contributed by atoms with E-state index < -0.39 is 0 Å². The van der Waals surface area contributed by atoms with Crippen LogP contribution < -0.4 is 5.73 Å². The van der Waals surface area contributed by atoms with E-state index in [1.807, 2.05) is 0 Å². The molecule has 0 bridgehead atoms. The van der Waals surface area contributed by atoms with Crippen LogP contribution in [0.25, 0.3) is 0 Å². The molecule has 0 spiro atoms. The van der Waals surface area contributed by atoms with Crippen molar-refractivity contribution in [3.8, 4) is 0 Å². The van der Waals surface area contributed by atoms with Crippen LogP contribution in [0.1, 0.15) is 20.3 Å². The summed E-state index contributed by atoms with van der Waals surface area (Å²) in [4.78, 5) is 4.97. The van der Waals surface area contributed by atoms with E-state index in [0.29, 0.717) is 12.6 Å². The second-order valence-electron chi connectivity index (χ2n) is 5.72. The van der Waals surface area contributed by atoms with Crippen LogP contribution >= 0.6 is 0 Å². The molecule has 1 saturated heterocycles. The summed E-state index contributed by atoms with van der Waals surface area (Å²) >= 11 is 0. The third kappa shape index (κ3) is 4.39. The highest BCUT2D eigenvalue weighted by Gasteiger charge is 2.42. The van der Waals surface area contributed by atoms with E-state index >= 15 is 0 Å². The van der Waals surface area contributed by atoms with Gasteiger partial charge in [-0.3, -0.25) is 9.80 Å². The zero-order valence-electron chi connectivity index (χ0n) is 13.0. The summed E-state index contributed by atoms with van der Waals surface area (Å²) in [5.41, 5.74) is 6.21. The smallest absolute Gasteiger partial charge is 0.0589 e. The average Bonchev–Trinajstić information content (AvgIpc) is 2.85. The van der Waals surface area contributed by atoms with E-state index in [1.165, 1.54) is 0 Å². The van der Waals surface area contributed by atoms with Crippen LogP contribution in [0.5, 0.6) is 0 Å². The van der Waals surface area contributed by atoms with Gasteiger partial charge in [0.15, 0.2) is 0 Å². The molecule has 0 aliphatic carbocycles. The largest absolute Gasteiger partial charge is 0.383 e. The Balaban J connectivity index is 2.71. The first-order chi connectivity index (χ1) is 9.09. The Labute approximate surface area is 118 Å². The molecular weight excluding hydrogens is 242 g/mol. The summed E-state index contributed by atoms with van der Waals surface area (Å²) in [7, 11) is 3.50. The Hall–Kier alpha value is -0.200. The van der Waals surface area contributed by atoms with Gasteiger partial charge < -0.3 is 15.2 Å². The molecule has 1 unspecified atom stereocenters. The maximum atomic E-state index is 6.13. The van der Waals surface area contributed by atoms with Crippen molar-refractivity contribution in [2.45, 2.75) is 31.8 Å². The summed E-state index contributed by atoms with van der Waals surface area (Å²) < 4.78 is 10.5. The molecule has 1 atom stereocenters. The van der Waals surface area contributed by atoms with Crippen molar-refractivity contribution in [1.82, 2.24) is 9.80 Å². The van der Waals surface area contributed by atoms with Crippen LogP contribution in [-0.2, 0) is 9.47 Å². The third-order valence-corrected chi connectivity index (χ3v) is 4.27. The molecule has 5 nitrogen and oxygen atoms in total. The minimum Gasteiger partial charge on any atom is -0.383 e. The van der Waals surface area contributed by atoms with Crippen LogP contribution in [-0.4, -0.2) is 81.5 Å². The lowest BCUT2D eigenvalue weighted by atomic mass is 9.96. The lowest BCUT2D eigenvalue weighted by Gasteiger charge is -2.41. The molecule has 1 aliphatic rings. The van der Waals surface area contributed by atoms with Gasteiger partial charge in [-0.1, -0.05) is 0 Å². The van der Waals surface area contributed by atoms with E-state index in [0.717, 1.165) is 45.8 Å². The average molecular weight is 273 g/mol. The second-order valence-corrected chi connectivity index (χ2v) is 5.72. The quantitative estimate of drug-likeness (QED) is 0.659. The summed E-state index contributed by atoms with van der Waals surface area (Å²) in [5.74, 6) is 0. The fourth-order valence-corrected chi connectivity index (χ4v) is 2.87. The van der Waals surface area contributed by atoms with Crippen LogP contribution in [0.15, 0.2) is 0 Å². The lowest BCUT2D eigenvalue weighted by molar-refractivity contribution is 0.0391. The maximum Gasteiger partial charge on any atom is 0.0589 e. The maximum absolute atomic E-state index is 6.13. The summed E-state index contributed by atoms with van der Waals surface area (Å²) in [6, 6.07) is 0.583. The van der Waals surface area contributed by atoms with Crippen LogP contribution in [0.4, 0.5) is 0 Å². The lowest BCUT2D eigenvalue weighted by Crippen LogP contribution is -2.57. The molecule has 1 heterocycles. The number of hydrogen-bond donors (Lipinski definition) is 1. The van der Waals surface area contributed by atoms with Gasteiger partial charge in [0, 0.05) is 58.5 Å². The summed E-state index contributed by atoms with van der Waals surface area (Å²) in [6.45, 7) is 10.7. The SMILES string of the molecule is COCCN(CCOC)C1(CN)CCN(C(C)C)C1. The first-order valence-corrected chi connectivity index (χ1v) is 7.26. The Morgan fingerprint density at radius 3 is 2.16 bits per heavy atom. The van der Waals surface area contributed by atoms with Gasteiger partial charge in [0.25, 0.3) is 0 Å². The first kappa shape index (κ1) is 16.9. The number of ether oxygens (including phenoxy) is 2. The molecule has 5 heteroatoms. The van der Waals surface area contributed by atoms with Gasteiger partial charge >= 0.3 is 0 Å². The summed E-state index contributed by atoms with van der Waals surface area (Å²) in [6.07, 6.45) is 1.13. The Bertz CT molecular complexity index is 243. The number of methoxy groups -OCH3 is 2. The number of likely N-dealkylation sites (tertiary alicyclic amines) is 1.